The van der Waals surface area contributed by atoms with Crippen molar-refractivity contribution < 1.29 is 14.3 Å². The minimum Gasteiger partial charge on any atom is -0.497 e. The van der Waals surface area contributed by atoms with Gasteiger partial charge in [-0.2, -0.15) is 0 Å². The number of amides is 1. The SMILES string of the molecule is COc1ccc(OCCCC(=O)Nc2nc(CN(C)C)cs2)cc1. The molecule has 130 valence electrons. The van der Waals surface area contributed by atoms with Gasteiger partial charge in [-0.3, -0.25) is 4.79 Å². The molecule has 0 unspecified atom stereocenters. The van der Waals surface area contributed by atoms with E-state index >= 15 is 0 Å². The predicted octanol–water partition coefficient (Wildman–Crippen LogP) is 3.01. The summed E-state index contributed by atoms with van der Waals surface area (Å²) in [5.74, 6) is 1.52. The first-order valence-electron chi connectivity index (χ1n) is 7.72. The first-order valence-corrected chi connectivity index (χ1v) is 8.60. The number of anilines is 1. The Balaban J connectivity index is 1.66. The fourth-order valence-corrected chi connectivity index (χ4v) is 2.76. The zero-order chi connectivity index (χ0) is 17.4. The summed E-state index contributed by atoms with van der Waals surface area (Å²) in [7, 11) is 5.60. The number of rotatable bonds is 9. The molecule has 0 spiro atoms. The van der Waals surface area contributed by atoms with E-state index in [2.05, 4.69) is 10.3 Å². The summed E-state index contributed by atoms with van der Waals surface area (Å²) in [5.41, 5.74) is 0.961. The molecule has 0 aliphatic rings. The summed E-state index contributed by atoms with van der Waals surface area (Å²) in [6, 6.07) is 7.38. The van der Waals surface area contributed by atoms with Crippen LogP contribution in [0.25, 0.3) is 0 Å². The van der Waals surface area contributed by atoms with Crippen molar-refractivity contribution in [2.45, 2.75) is 19.4 Å². The van der Waals surface area contributed by atoms with Gasteiger partial charge in [0.1, 0.15) is 11.5 Å². The largest absolute Gasteiger partial charge is 0.497 e. The molecular weight excluding hydrogens is 326 g/mol. The standard InChI is InChI=1S/C17H23N3O3S/c1-20(2)11-13-12-24-17(18-13)19-16(21)5-4-10-23-15-8-6-14(22-3)7-9-15/h6-9,12H,4-5,10-11H2,1-3H3,(H,18,19,21). The van der Waals surface area contributed by atoms with Gasteiger partial charge in [-0.1, -0.05) is 0 Å². The zero-order valence-electron chi connectivity index (χ0n) is 14.2. The Morgan fingerprint density at radius 2 is 1.96 bits per heavy atom. The fourth-order valence-electron chi connectivity index (χ4n) is 2.04. The number of thiazole rings is 1. The number of nitrogens with zero attached hydrogens (tertiary/aromatic N) is 2. The van der Waals surface area contributed by atoms with Crippen LogP contribution in [-0.4, -0.2) is 43.6 Å². The molecular formula is C17H23N3O3S. The minimum atomic E-state index is -0.0425. The maximum Gasteiger partial charge on any atom is 0.226 e. The van der Waals surface area contributed by atoms with Crippen molar-refractivity contribution in [3.63, 3.8) is 0 Å². The average Bonchev–Trinajstić information content (AvgIpc) is 2.98. The van der Waals surface area contributed by atoms with Crippen LogP contribution in [0.3, 0.4) is 0 Å². The average molecular weight is 349 g/mol. The van der Waals surface area contributed by atoms with Gasteiger partial charge in [0.15, 0.2) is 5.13 Å². The number of carbonyl (C=O) groups excluding carboxylic acids is 1. The maximum atomic E-state index is 11.9. The predicted molar refractivity (Wildman–Crippen MR) is 95.9 cm³/mol. The van der Waals surface area contributed by atoms with Crippen molar-refractivity contribution in [3.8, 4) is 11.5 Å². The minimum absolute atomic E-state index is 0.0425. The molecule has 24 heavy (non-hydrogen) atoms. The number of nitrogens with one attached hydrogen (secondary N) is 1. The third kappa shape index (κ3) is 6.17. The van der Waals surface area contributed by atoms with Crippen LogP contribution in [0.1, 0.15) is 18.5 Å². The summed E-state index contributed by atoms with van der Waals surface area (Å²) in [6.45, 7) is 1.26. The second kappa shape index (κ2) is 9.24. The molecule has 0 aliphatic heterocycles. The van der Waals surface area contributed by atoms with E-state index in [1.54, 1.807) is 7.11 Å². The smallest absolute Gasteiger partial charge is 0.226 e. The quantitative estimate of drug-likeness (QED) is 0.705. The lowest BCUT2D eigenvalue weighted by Crippen LogP contribution is -2.13. The summed E-state index contributed by atoms with van der Waals surface area (Å²) in [4.78, 5) is 18.3. The number of ether oxygens (including phenoxy) is 2. The molecule has 0 atom stereocenters. The normalized spacial score (nSPS) is 10.7. The van der Waals surface area contributed by atoms with Crippen LogP contribution in [0.4, 0.5) is 5.13 Å². The van der Waals surface area contributed by atoms with Crippen LogP contribution >= 0.6 is 11.3 Å². The molecule has 0 aliphatic carbocycles. The number of benzene rings is 1. The highest BCUT2D eigenvalue weighted by Crippen LogP contribution is 2.18. The van der Waals surface area contributed by atoms with Crippen molar-refractivity contribution in [2.75, 3.05) is 33.1 Å². The molecule has 1 aromatic carbocycles. The summed E-state index contributed by atoms with van der Waals surface area (Å²) < 4.78 is 10.7. The lowest BCUT2D eigenvalue weighted by molar-refractivity contribution is -0.116. The Labute approximate surface area is 146 Å². The Bertz CT molecular complexity index is 641. The molecule has 2 aromatic rings. The lowest BCUT2D eigenvalue weighted by atomic mass is 10.3. The molecule has 0 saturated carbocycles. The van der Waals surface area contributed by atoms with E-state index in [1.807, 2.05) is 48.6 Å². The third-order valence-corrected chi connectivity index (χ3v) is 3.96. The summed E-state index contributed by atoms with van der Waals surface area (Å²) in [5, 5.41) is 5.43. The molecule has 0 bridgehead atoms. The number of carbonyl (C=O) groups is 1. The zero-order valence-corrected chi connectivity index (χ0v) is 15.1. The van der Waals surface area contributed by atoms with Crippen LogP contribution in [-0.2, 0) is 11.3 Å². The first kappa shape index (κ1) is 18.2. The highest BCUT2D eigenvalue weighted by atomic mass is 32.1. The van der Waals surface area contributed by atoms with E-state index in [4.69, 9.17) is 9.47 Å². The molecule has 0 fully saturated rings. The van der Waals surface area contributed by atoms with E-state index < -0.39 is 0 Å². The van der Waals surface area contributed by atoms with E-state index in [9.17, 15) is 4.79 Å². The van der Waals surface area contributed by atoms with Gasteiger partial charge in [0.05, 0.1) is 19.4 Å². The van der Waals surface area contributed by atoms with Crippen LogP contribution in [0, 0.1) is 0 Å². The highest BCUT2D eigenvalue weighted by Gasteiger charge is 2.07. The van der Waals surface area contributed by atoms with Gasteiger partial charge in [0, 0.05) is 18.3 Å². The Kier molecular flexibility index (Phi) is 7.02. The van der Waals surface area contributed by atoms with Crippen LogP contribution in [0.2, 0.25) is 0 Å². The molecule has 2 rings (SSSR count). The van der Waals surface area contributed by atoms with E-state index in [0.29, 0.717) is 24.6 Å². The molecule has 7 heteroatoms. The molecule has 0 saturated heterocycles. The molecule has 1 heterocycles. The van der Waals surface area contributed by atoms with Gasteiger partial charge in [-0.05, 0) is 44.8 Å². The number of aromatic nitrogens is 1. The Morgan fingerprint density at radius 3 is 2.62 bits per heavy atom. The van der Waals surface area contributed by atoms with Crippen molar-refractivity contribution in [3.05, 3.63) is 35.3 Å². The van der Waals surface area contributed by atoms with Gasteiger partial charge < -0.3 is 19.7 Å². The number of methoxy groups -OCH3 is 1. The van der Waals surface area contributed by atoms with E-state index in [1.165, 1.54) is 11.3 Å². The molecule has 1 N–H and O–H groups in total. The van der Waals surface area contributed by atoms with Crippen molar-refractivity contribution in [1.82, 2.24) is 9.88 Å². The topological polar surface area (TPSA) is 63.7 Å². The van der Waals surface area contributed by atoms with Crippen LogP contribution in [0.15, 0.2) is 29.6 Å². The van der Waals surface area contributed by atoms with Gasteiger partial charge in [-0.25, -0.2) is 4.98 Å². The molecule has 1 amide bonds. The molecule has 1 aromatic heterocycles. The van der Waals surface area contributed by atoms with E-state index in [0.717, 1.165) is 23.7 Å². The molecule has 6 nitrogen and oxygen atoms in total. The number of hydrogen-bond acceptors (Lipinski definition) is 6. The lowest BCUT2D eigenvalue weighted by Gasteiger charge is -2.07. The fraction of sp³-hybridized carbons (Fsp3) is 0.412. The van der Waals surface area contributed by atoms with Crippen molar-refractivity contribution >= 4 is 22.4 Å². The van der Waals surface area contributed by atoms with Crippen molar-refractivity contribution in [1.29, 1.82) is 0 Å². The Morgan fingerprint density at radius 1 is 1.25 bits per heavy atom. The van der Waals surface area contributed by atoms with Crippen LogP contribution < -0.4 is 14.8 Å². The second-order valence-corrected chi connectivity index (χ2v) is 6.42. The second-order valence-electron chi connectivity index (χ2n) is 5.56. The molecule has 0 radical (unpaired) electrons. The van der Waals surface area contributed by atoms with Crippen LogP contribution in [0.5, 0.6) is 11.5 Å². The monoisotopic (exact) mass is 349 g/mol. The summed E-state index contributed by atoms with van der Waals surface area (Å²) in [6.07, 6.45) is 1.05. The first-order chi connectivity index (χ1) is 11.6. The maximum absolute atomic E-state index is 11.9. The van der Waals surface area contributed by atoms with Gasteiger partial charge in [0.25, 0.3) is 0 Å². The van der Waals surface area contributed by atoms with Gasteiger partial charge in [-0.15, -0.1) is 11.3 Å². The van der Waals surface area contributed by atoms with Gasteiger partial charge >= 0.3 is 0 Å². The highest BCUT2D eigenvalue weighted by molar-refractivity contribution is 7.13. The number of hydrogen-bond donors (Lipinski definition) is 1. The summed E-state index contributed by atoms with van der Waals surface area (Å²) >= 11 is 1.45. The Hall–Kier alpha value is -2.12. The van der Waals surface area contributed by atoms with Gasteiger partial charge in [0.2, 0.25) is 5.91 Å². The third-order valence-electron chi connectivity index (χ3n) is 3.15. The van der Waals surface area contributed by atoms with E-state index in [-0.39, 0.29) is 5.91 Å². The van der Waals surface area contributed by atoms with Crippen molar-refractivity contribution in [2.24, 2.45) is 0 Å².